The Bertz CT molecular complexity index is 765. The first-order chi connectivity index (χ1) is 11.4. The molecule has 2 aromatic carbocycles. The molecule has 0 aliphatic carbocycles. The molecular weight excluding hydrogens is 322 g/mol. The fraction of sp³-hybridized carbons (Fsp3) is 0.312. The van der Waals surface area contributed by atoms with Gasteiger partial charge < -0.3 is 29.9 Å². The van der Waals surface area contributed by atoms with E-state index >= 15 is 0 Å². The number of aliphatic hydroxyl groups excluding tert-OH is 3. The zero-order valence-corrected chi connectivity index (χ0v) is 12.2. The molecular formula is C16H15FO7. The van der Waals surface area contributed by atoms with Crippen LogP contribution >= 0.6 is 0 Å². The van der Waals surface area contributed by atoms with Gasteiger partial charge in [0.15, 0.2) is 6.10 Å². The maximum absolute atomic E-state index is 13.8. The first kappa shape index (κ1) is 16.6. The van der Waals surface area contributed by atoms with Gasteiger partial charge >= 0.3 is 5.97 Å². The van der Waals surface area contributed by atoms with Crippen LogP contribution in [0.5, 0.6) is 5.75 Å². The lowest BCUT2D eigenvalue weighted by atomic mass is 9.99. The van der Waals surface area contributed by atoms with Crippen LogP contribution in [0.15, 0.2) is 36.4 Å². The summed E-state index contributed by atoms with van der Waals surface area (Å²) in [6.07, 6.45) is -8.56. The largest absolute Gasteiger partial charge is 0.479 e. The van der Waals surface area contributed by atoms with Crippen molar-refractivity contribution in [2.24, 2.45) is 0 Å². The summed E-state index contributed by atoms with van der Waals surface area (Å²) in [7, 11) is 0. The predicted octanol–water partition coefficient (Wildman–Crippen LogP) is 0.250. The molecule has 1 aliphatic heterocycles. The maximum Gasteiger partial charge on any atom is 0.335 e. The van der Waals surface area contributed by atoms with Gasteiger partial charge in [0.25, 0.3) is 0 Å². The Morgan fingerprint density at radius 3 is 2.33 bits per heavy atom. The number of carbonyl (C=O) groups is 1. The zero-order chi connectivity index (χ0) is 17.4. The summed E-state index contributed by atoms with van der Waals surface area (Å²) in [6.45, 7) is 0. The molecule has 128 valence electrons. The van der Waals surface area contributed by atoms with Crippen LogP contribution in [0.3, 0.4) is 0 Å². The van der Waals surface area contributed by atoms with Crippen molar-refractivity contribution in [3.05, 3.63) is 42.2 Å². The van der Waals surface area contributed by atoms with E-state index in [0.29, 0.717) is 5.39 Å². The average molecular weight is 337 g/mol. The summed E-state index contributed by atoms with van der Waals surface area (Å²) in [5, 5.41) is 39.1. The summed E-state index contributed by atoms with van der Waals surface area (Å²) < 4.78 is 24.3. The summed E-state index contributed by atoms with van der Waals surface area (Å²) in [6, 6.07) is 8.89. The Kier molecular flexibility index (Phi) is 4.37. The lowest BCUT2D eigenvalue weighted by molar-refractivity contribution is -0.270. The van der Waals surface area contributed by atoms with Crippen LogP contribution in [-0.2, 0) is 9.53 Å². The molecule has 5 atom stereocenters. The maximum atomic E-state index is 13.8. The topological polar surface area (TPSA) is 116 Å². The van der Waals surface area contributed by atoms with E-state index in [2.05, 4.69) is 0 Å². The van der Waals surface area contributed by atoms with Crippen molar-refractivity contribution in [1.82, 2.24) is 0 Å². The van der Waals surface area contributed by atoms with E-state index in [1.807, 2.05) is 0 Å². The minimum atomic E-state index is -1.80. The van der Waals surface area contributed by atoms with Crippen LogP contribution in [-0.4, -0.2) is 57.1 Å². The van der Waals surface area contributed by atoms with Gasteiger partial charge in [0.05, 0.1) is 0 Å². The SMILES string of the molecule is O=C(O)C1OC(Oc2ccc([18F])c3ccccc23)C(O)C(O)C1O. The number of halogens is 1. The molecule has 0 aromatic heterocycles. The lowest BCUT2D eigenvalue weighted by Crippen LogP contribution is -2.61. The van der Waals surface area contributed by atoms with Crippen LogP contribution in [0.4, 0.5) is 4.39 Å². The fourth-order valence-corrected chi connectivity index (χ4v) is 2.61. The number of rotatable bonds is 3. The monoisotopic (exact) mass is 337 g/mol. The van der Waals surface area contributed by atoms with E-state index in [1.54, 1.807) is 18.2 Å². The van der Waals surface area contributed by atoms with E-state index in [4.69, 9.17) is 14.6 Å². The zero-order valence-electron chi connectivity index (χ0n) is 12.2. The van der Waals surface area contributed by atoms with Gasteiger partial charge in [-0.25, -0.2) is 9.18 Å². The Balaban J connectivity index is 1.93. The smallest absolute Gasteiger partial charge is 0.335 e. The molecule has 8 heteroatoms. The Morgan fingerprint density at radius 2 is 1.67 bits per heavy atom. The Labute approximate surface area is 135 Å². The second-order valence-corrected chi connectivity index (χ2v) is 5.44. The summed E-state index contributed by atoms with van der Waals surface area (Å²) in [4.78, 5) is 11.1. The molecule has 0 amide bonds. The van der Waals surface area contributed by atoms with E-state index in [1.165, 1.54) is 12.1 Å². The first-order valence-electron chi connectivity index (χ1n) is 7.16. The van der Waals surface area contributed by atoms with Gasteiger partial charge in [-0.05, 0) is 12.1 Å². The number of fused-ring (bicyclic) bond motifs is 1. The lowest BCUT2D eigenvalue weighted by Gasteiger charge is -2.38. The molecule has 3 rings (SSSR count). The number of carboxylic acid groups (broad SMARTS) is 1. The van der Waals surface area contributed by atoms with E-state index < -0.39 is 42.5 Å². The number of aliphatic hydroxyl groups is 3. The number of hydrogen-bond acceptors (Lipinski definition) is 6. The number of aliphatic carboxylic acids is 1. The highest BCUT2D eigenvalue weighted by atomic mass is 18.2. The molecule has 0 radical (unpaired) electrons. The van der Waals surface area contributed by atoms with Crippen molar-refractivity contribution in [2.75, 3.05) is 0 Å². The van der Waals surface area contributed by atoms with Crippen LogP contribution in [0, 0.1) is 5.82 Å². The molecule has 24 heavy (non-hydrogen) atoms. The number of ether oxygens (including phenoxy) is 2. The average Bonchev–Trinajstić information content (AvgIpc) is 2.57. The molecule has 7 nitrogen and oxygen atoms in total. The molecule has 2 aromatic rings. The van der Waals surface area contributed by atoms with E-state index in [-0.39, 0.29) is 11.1 Å². The van der Waals surface area contributed by atoms with Crippen molar-refractivity contribution < 1.29 is 39.1 Å². The number of hydrogen-bond donors (Lipinski definition) is 4. The van der Waals surface area contributed by atoms with Crippen molar-refractivity contribution in [3.63, 3.8) is 0 Å². The predicted molar refractivity (Wildman–Crippen MR) is 78.9 cm³/mol. The Morgan fingerprint density at radius 1 is 1.00 bits per heavy atom. The third kappa shape index (κ3) is 2.80. The molecule has 1 aliphatic rings. The third-order valence-corrected chi connectivity index (χ3v) is 3.89. The van der Waals surface area contributed by atoms with E-state index in [9.17, 15) is 24.5 Å². The van der Waals surface area contributed by atoms with Gasteiger partial charge in [0, 0.05) is 10.8 Å². The molecule has 1 heterocycles. The van der Waals surface area contributed by atoms with Gasteiger partial charge in [-0.1, -0.05) is 24.3 Å². The third-order valence-electron chi connectivity index (χ3n) is 3.89. The molecule has 1 saturated heterocycles. The summed E-state index contributed by atoms with van der Waals surface area (Å²) >= 11 is 0. The van der Waals surface area contributed by atoms with Gasteiger partial charge in [-0.3, -0.25) is 0 Å². The highest BCUT2D eigenvalue weighted by molar-refractivity contribution is 5.88. The van der Waals surface area contributed by atoms with Crippen molar-refractivity contribution in [1.29, 1.82) is 0 Å². The second-order valence-electron chi connectivity index (χ2n) is 5.44. The molecule has 0 saturated carbocycles. The van der Waals surface area contributed by atoms with Crippen LogP contribution in [0.25, 0.3) is 10.8 Å². The number of benzene rings is 2. The molecule has 4 N–H and O–H groups in total. The Hall–Kier alpha value is -2.26. The van der Waals surface area contributed by atoms with Crippen molar-refractivity contribution in [2.45, 2.75) is 30.7 Å². The van der Waals surface area contributed by atoms with Crippen LogP contribution in [0.2, 0.25) is 0 Å². The van der Waals surface area contributed by atoms with Gasteiger partial charge in [0.1, 0.15) is 29.9 Å². The van der Waals surface area contributed by atoms with Crippen molar-refractivity contribution >= 4 is 16.7 Å². The second kappa shape index (κ2) is 6.33. The first-order valence-corrected chi connectivity index (χ1v) is 7.16. The molecule has 5 unspecified atom stereocenters. The van der Waals surface area contributed by atoms with E-state index in [0.717, 1.165) is 6.07 Å². The summed E-state index contributed by atoms with van der Waals surface area (Å²) in [5.41, 5.74) is 0. The number of carboxylic acids is 1. The van der Waals surface area contributed by atoms with Crippen LogP contribution < -0.4 is 4.74 Å². The highest BCUT2D eigenvalue weighted by Gasteiger charge is 2.48. The minimum Gasteiger partial charge on any atom is -0.479 e. The van der Waals surface area contributed by atoms with Gasteiger partial charge in [-0.2, -0.15) is 0 Å². The summed E-state index contributed by atoms with van der Waals surface area (Å²) in [5.74, 6) is -1.84. The van der Waals surface area contributed by atoms with Crippen LogP contribution in [0.1, 0.15) is 0 Å². The van der Waals surface area contributed by atoms with Crippen molar-refractivity contribution in [3.8, 4) is 5.75 Å². The normalized spacial score (nSPS) is 30.2. The fourth-order valence-electron chi connectivity index (χ4n) is 2.61. The molecule has 0 spiro atoms. The molecule has 1 fully saturated rings. The van der Waals surface area contributed by atoms with Gasteiger partial charge in [-0.15, -0.1) is 0 Å². The molecule has 0 bridgehead atoms. The standard InChI is InChI=1S/C16H15FO7/c17-9-5-6-10(8-4-2-1-3-7(8)9)23-16-13(20)11(18)12(19)14(24-16)15(21)22/h1-6,11-14,16,18-20H,(H,21,22)/i17-1. The quantitative estimate of drug-likeness (QED) is 0.634. The minimum absolute atomic E-state index is 0.142. The highest BCUT2D eigenvalue weighted by Crippen LogP contribution is 2.31. The van der Waals surface area contributed by atoms with Gasteiger partial charge in [0.2, 0.25) is 6.29 Å².